The molecule has 1 aromatic rings. The van der Waals surface area contributed by atoms with E-state index in [2.05, 4.69) is 5.32 Å². The van der Waals surface area contributed by atoms with E-state index < -0.39 is 33.9 Å². The van der Waals surface area contributed by atoms with Gasteiger partial charge in [0.15, 0.2) is 0 Å². The first-order valence-corrected chi connectivity index (χ1v) is 9.26. The van der Waals surface area contributed by atoms with Crippen LogP contribution in [0.1, 0.15) is 25.3 Å². The van der Waals surface area contributed by atoms with Gasteiger partial charge in [-0.3, -0.25) is 9.59 Å². The van der Waals surface area contributed by atoms with Crippen LogP contribution in [0.15, 0.2) is 29.2 Å². The van der Waals surface area contributed by atoms with E-state index >= 15 is 0 Å². The molecule has 2 atom stereocenters. The van der Waals surface area contributed by atoms with Gasteiger partial charge in [-0.25, -0.2) is 8.42 Å². The molecule has 0 spiro atoms. The molecule has 0 saturated carbocycles. The van der Waals surface area contributed by atoms with Crippen molar-refractivity contribution in [3.05, 3.63) is 29.8 Å². The van der Waals surface area contributed by atoms with Crippen molar-refractivity contribution >= 4 is 21.9 Å². The quantitative estimate of drug-likeness (QED) is 0.793. The molecular weight excluding hydrogens is 332 g/mol. The van der Waals surface area contributed by atoms with Crippen LogP contribution in [0.25, 0.3) is 0 Å². The molecular formula is C16H22N2O5S. The molecule has 8 heteroatoms. The van der Waals surface area contributed by atoms with Gasteiger partial charge in [0.2, 0.25) is 15.9 Å². The van der Waals surface area contributed by atoms with Crippen LogP contribution in [-0.2, 0) is 19.6 Å². The first-order chi connectivity index (χ1) is 11.2. The van der Waals surface area contributed by atoms with E-state index in [1.54, 1.807) is 12.1 Å². The lowest BCUT2D eigenvalue weighted by Gasteiger charge is -2.23. The highest BCUT2D eigenvalue weighted by Gasteiger charge is 2.39. The Hall–Kier alpha value is -1.93. The summed E-state index contributed by atoms with van der Waals surface area (Å²) in [6.45, 7) is 3.61. The number of aryl methyl sites for hydroxylation is 1. The fourth-order valence-corrected chi connectivity index (χ4v) is 4.25. The molecule has 7 nitrogen and oxygen atoms in total. The number of nitrogens with zero attached hydrogens (tertiary/aromatic N) is 1. The van der Waals surface area contributed by atoms with Crippen molar-refractivity contribution < 1.29 is 23.1 Å². The zero-order chi connectivity index (χ0) is 17.9. The molecule has 0 radical (unpaired) electrons. The van der Waals surface area contributed by atoms with Crippen molar-refractivity contribution in [2.24, 2.45) is 5.92 Å². The lowest BCUT2D eigenvalue weighted by atomic mass is 10.1. The number of benzene rings is 1. The molecule has 1 fully saturated rings. The summed E-state index contributed by atoms with van der Waals surface area (Å²) >= 11 is 0. The number of hydrogen-bond donors (Lipinski definition) is 2. The van der Waals surface area contributed by atoms with Crippen LogP contribution in [0.5, 0.6) is 0 Å². The van der Waals surface area contributed by atoms with Crippen LogP contribution in [0.4, 0.5) is 0 Å². The fraction of sp³-hybridized carbons (Fsp3) is 0.500. The Labute approximate surface area is 141 Å². The summed E-state index contributed by atoms with van der Waals surface area (Å²) < 4.78 is 26.7. The van der Waals surface area contributed by atoms with Gasteiger partial charge in [-0.2, -0.15) is 4.31 Å². The van der Waals surface area contributed by atoms with Crippen molar-refractivity contribution in [1.29, 1.82) is 0 Å². The van der Waals surface area contributed by atoms with E-state index in [1.165, 1.54) is 23.4 Å². The topological polar surface area (TPSA) is 104 Å². The average molecular weight is 354 g/mol. The van der Waals surface area contributed by atoms with E-state index in [1.807, 2.05) is 6.92 Å². The highest BCUT2D eigenvalue weighted by atomic mass is 32.2. The predicted molar refractivity (Wildman–Crippen MR) is 87.9 cm³/mol. The van der Waals surface area contributed by atoms with Crippen molar-refractivity contribution in [1.82, 2.24) is 9.62 Å². The molecule has 0 unspecified atom stereocenters. The van der Waals surface area contributed by atoms with Crippen molar-refractivity contribution in [3.8, 4) is 0 Å². The third-order valence-electron chi connectivity index (χ3n) is 4.14. The maximum Gasteiger partial charge on any atom is 0.308 e. The van der Waals surface area contributed by atoms with Gasteiger partial charge in [-0.1, -0.05) is 24.6 Å². The molecule has 132 valence electrons. The van der Waals surface area contributed by atoms with Crippen LogP contribution in [0.2, 0.25) is 0 Å². The number of amides is 1. The number of sulfonamides is 1. The van der Waals surface area contributed by atoms with Crippen LogP contribution >= 0.6 is 0 Å². The van der Waals surface area contributed by atoms with Gasteiger partial charge in [-0.05, 0) is 31.9 Å². The SMILES string of the molecule is Cc1ccc(S(=O)(=O)N2CCC[C@@H]2C(=O)NC[C@@H](C)C(=O)O)cc1. The molecule has 0 bridgehead atoms. The molecule has 1 amide bonds. The Morgan fingerprint density at radius 1 is 1.33 bits per heavy atom. The Balaban J connectivity index is 2.13. The number of nitrogens with one attached hydrogen (secondary N) is 1. The average Bonchev–Trinajstić information content (AvgIpc) is 3.03. The number of hydrogen-bond acceptors (Lipinski definition) is 4. The molecule has 0 aromatic heterocycles. The molecule has 24 heavy (non-hydrogen) atoms. The Morgan fingerprint density at radius 3 is 2.54 bits per heavy atom. The lowest BCUT2D eigenvalue weighted by Crippen LogP contribution is -2.47. The molecule has 0 aliphatic carbocycles. The van der Waals surface area contributed by atoms with Crippen molar-refractivity contribution in [2.45, 2.75) is 37.6 Å². The van der Waals surface area contributed by atoms with Crippen LogP contribution in [0.3, 0.4) is 0 Å². The molecule has 2 N–H and O–H groups in total. The number of carbonyl (C=O) groups excluding carboxylic acids is 1. The summed E-state index contributed by atoms with van der Waals surface area (Å²) in [6, 6.07) is 5.70. The van der Waals surface area contributed by atoms with Gasteiger partial charge in [0.25, 0.3) is 0 Å². The van der Waals surface area contributed by atoms with E-state index in [-0.39, 0.29) is 18.0 Å². The maximum atomic E-state index is 12.8. The summed E-state index contributed by atoms with van der Waals surface area (Å²) in [5.74, 6) is -2.18. The maximum absolute atomic E-state index is 12.8. The fourth-order valence-electron chi connectivity index (χ4n) is 2.59. The predicted octanol–water partition coefficient (Wildman–Crippen LogP) is 0.985. The highest BCUT2D eigenvalue weighted by molar-refractivity contribution is 7.89. The second kappa shape index (κ2) is 7.31. The normalized spacial score (nSPS) is 19.8. The van der Waals surface area contributed by atoms with E-state index in [9.17, 15) is 18.0 Å². The van der Waals surface area contributed by atoms with E-state index in [0.717, 1.165) is 5.56 Å². The van der Waals surface area contributed by atoms with Crippen LogP contribution < -0.4 is 5.32 Å². The molecule has 2 rings (SSSR count). The van der Waals surface area contributed by atoms with Gasteiger partial charge in [-0.15, -0.1) is 0 Å². The molecule has 1 aromatic carbocycles. The Morgan fingerprint density at radius 2 is 1.96 bits per heavy atom. The lowest BCUT2D eigenvalue weighted by molar-refractivity contribution is -0.141. The summed E-state index contributed by atoms with van der Waals surface area (Å²) in [7, 11) is -3.75. The zero-order valence-electron chi connectivity index (χ0n) is 13.7. The van der Waals surface area contributed by atoms with E-state index in [0.29, 0.717) is 12.8 Å². The molecule has 1 aliphatic heterocycles. The van der Waals surface area contributed by atoms with Gasteiger partial charge in [0, 0.05) is 13.1 Å². The zero-order valence-corrected chi connectivity index (χ0v) is 14.5. The summed E-state index contributed by atoms with van der Waals surface area (Å²) in [5.41, 5.74) is 0.951. The monoisotopic (exact) mass is 354 g/mol. The number of carboxylic acid groups (broad SMARTS) is 1. The minimum absolute atomic E-state index is 0.0247. The highest BCUT2D eigenvalue weighted by Crippen LogP contribution is 2.26. The third kappa shape index (κ3) is 3.93. The van der Waals surface area contributed by atoms with Gasteiger partial charge < -0.3 is 10.4 Å². The summed E-state index contributed by atoms with van der Waals surface area (Å²) in [6.07, 6.45) is 1.02. The van der Waals surface area contributed by atoms with Gasteiger partial charge in [0.1, 0.15) is 6.04 Å². The second-order valence-electron chi connectivity index (χ2n) is 6.07. The standard InChI is InChI=1S/C16H22N2O5S/c1-11-5-7-13(8-6-11)24(22,23)18-9-3-4-14(18)15(19)17-10-12(2)16(20)21/h5-8,12,14H,3-4,9-10H2,1-2H3,(H,17,19)(H,20,21)/t12-,14-/m1/s1. The first kappa shape index (κ1) is 18.4. The van der Waals surface area contributed by atoms with Crippen molar-refractivity contribution in [2.75, 3.05) is 13.1 Å². The second-order valence-corrected chi connectivity index (χ2v) is 7.96. The first-order valence-electron chi connectivity index (χ1n) is 7.82. The molecule has 1 saturated heterocycles. The van der Waals surface area contributed by atoms with Crippen LogP contribution in [-0.4, -0.2) is 48.8 Å². The Kier molecular flexibility index (Phi) is 5.61. The van der Waals surface area contributed by atoms with E-state index in [4.69, 9.17) is 5.11 Å². The van der Waals surface area contributed by atoms with Gasteiger partial charge >= 0.3 is 5.97 Å². The van der Waals surface area contributed by atoms with Crippen LogP contribution in [0, 0.1) is 12.8 Å². The van der Waals surface area contributed by atoms with Gasteiger partial charge in [0.05, 0.1) is 10.8 Å². The van der Waals surface area contributed by atoms with Crippen molar-refractivity contribution in [3.63, 3.8) is 0 Å². The third-order valence-corrected chi connectivity index (χ3v) is 6.06. The summed E-state index contributed by atoms with van der Waals surface area (Å²) in [5, 5.41) is 11.4. The number of carbonyl (C=O) groups is 2. The number of rotatable bonds is 6. The minimum Gasteiger partial charge on any atom is -0.481 e. The smallest absolute Gasteiger partial charge is 0.308 e. The molecule has 1 aliphatic rings. The Bertz CT molecular complexity index is 714. The molecule has 1 heterocycles. The largest absolute Gasteiger partial charge is 0.481 e. The number of carboxylic acids is 1. The summed E-state index contributed by atoms with van der Waals surface area (Å²) in [4.78, 5) is 23.3. The minimum atomic E-state index is -3.75. The number of aliphatic carboxylic acids is 1.